The van der Waals surface area contributed by atoms with Gasteiger partial charge in [0.1, 0.15) is 11.9 Å². The number of methoxy groups -OCH3 is 1. The second-order valence-electron chi connectivity index (χ2n) is 4.34. The minimum atomic E-state index is -0.170. The molecule has 0 saturated heterocycles. The standard InChI is InChI=1S/C15H15NO2/c1-10-14(11-6-3-4-7-12(11)16-10)15(17-2)13-8-5-9-18-13/h3-9,15-16H,1-2H3. The van der Waals surface area contributed by atoms with Crippen molar-refractivity contribution in [2.45, 2.75) is 13.0 Å². The SMILES string of the molecule is COC(c1ccco1)c1c(C)[nH]c2ccccc12. The molecule has 2 heterocycles. The third-order valence-electron chi connectivity index (χ3n) is 3.24. The van der Waals surface area contributed by atoms with Gasteiger partial charge in [0.2, 0.25) is 0 Å². The number of aromatic nitrogens is 1. The summed E-state index contributed by atoms with van der Waals surface area (Å²) in [5.41, 5.74) is 3.38. The zero-order valence-electron chi connectivity index (χ0n) is 10.4. The van der Waals surface area contributed by atoms with E-state index in [9.17, 15) is 0 Å². The molecule has 3 nitrogen and oxygen atoms in total. The molecule has 0 fully saturated rings. The highest BCUT2D eigenvalue weighted by Crippen LogP contribution is 2.34. The van der Waals surface area contributed by atoms with Crippen LogP contribution in [0, 0.1) is 6.92 Å². The van der Waals surface area contributed by atoms with Crippen molar-refractivity contribution >= 4 is 10.9 Å². The van der Waals surface area contributed by atoms with Crippen LogP contribution in [-0.2, 0) is 4.74 Å². The largest absolute Gasteiger partial charge is 0.466 e. The van der Waals surface area contributed by atoms with Crippen LogP contribution in [-0.4, -0.2) is 12.1 Å². The van der Waals surface area contributed by atoms with Gasteiger partial charge in [-0.05, 0) is 25.1 Å². The number of ether oxygens (including phenoxy) is 1. The lowest BCUT2D eigenvalue weighted by molar-refractivity contribution is 0.117. The van der Waals surface area contributed by atoms with E-state index in [1.807, 2.05) is 24.3 Å². The van der Waals surface area contributed by atoms with E-state index < -0.39 is 0 Å². The van der Waals surface area contributed by atoms with Crippen LogP contribution in [0.3, 0.4) is 0 Å². The Hall–Kier alpha value is -2.00. The van der Waals surface area contributed by atoms with E-state index in [4.69, 9.17) is 9.15 Å². The minimum absolute atomic E-state index is 0.170. The lowest BCUT2D eigenvalue weighted by atomic mass is 10.0. The molecule has 0 bridgehead atoms. The molecule has 1 N–H and O–H groups in total. The fourth-order valence-electron chi connectivity index (χ4n) is 2.45. The summed E-state index contributed by atoms with van der Waals surface area (Å²) in [7, 11) is 1.70. The summed E-state index contributed by atoms with van der Waals surface area (Å²) in [6.45, 7) is 2.06. The molecule has 2 aromatic heterocycles. The molecule has 1 aromatic carbocycles. The molecular formula is C15H15NO2. The number of hydrogen-bond acceptors (Lipinski definition) is 2. The topological polar surface area (TPSA) is 38.2 Å². The number of benzene rings is 1. The Morgan fingerprint density at radius 2 is 2.00 bits per heavy atom. The van der Waals surface area contributed by atoms with Crippen LogP contribution in [0.15, 0.2) is 47.1 Å². The van der Waals surface area contributed by atoms with Gasteiger partial charge in [0.05, 0.1) is 6.26 Å². The molecule has 92 valence electrons. The highest BCUT2D eigenvalue weighted by Gasteiger charge is 2.22. The molecule has 0 saturated carbocycles. The number of H-pyrrole nitrogens is 1. The second-order valence-corrected chi connectivity index (χ2v) is 4.34. The summed E-state index contributed by atoms with van der Waals surface area (Å²) in [6, 6.07) is 12.1. The molecule has 3 aromatic rings. The average molecular weight is 241 g/mol. The first-order valence-electron chi connectivity index (χ1n) is 5.94. The first kappa shape index (κ1) is 11.1. The summed E-state index contributed by atoms with van der Waals surface area (Å²) >= 11 is 0. The van der Waals surface area contributed by atoms with Gasteiger partial charge in [-0.25, -0.2) is 0 Å². The van der Waals surface area contributed by atoms with Crippen LogP contribution in [0.5, 0.6) is 0 Å². The van der Waals surface area contributed by atoms with Gasteiger partial charge in [-0.2, -0.15) is 0 Å². The first-order valence-corrected chi connectivity index (χ1v) is 5.94. The molecule has 18 heavy (non-hydrogen) atoms. The molecular weight excluding hydrogens is 226 g/mol. The normalized spacial score (nSPS) is 13.0. The fraction of sp³-hybridized carbons (Fsp3) is 0.200. The maximum Gasteiger partial charge on any atom is 0.142 e. The number of rotatable bonds is 3. The summed E-state index contributed by atoms with van der Waals surface area (Å²) in [4.78, 5) is 3.38. The van der Waals surface area contributed by atoms with E-state index in [2.05, 4.69) is 24.0 Å². The number of nitrogens with one attached hydrogen (secondary N) is 1. The highest BCUT2D eigenvalue weighted by atomic mass is 16.5. The van der Waals surface area contributed by atoms with Gasteiger partial charge in [0, 0.05) is 29.3 Å². The first-order chi connectivity index (χ1) is 8.81. The Morgan fingerprint density at radius 1 is 1.17 bits per heavy atom. The summed E-state index contributed by atoms with van der Waals surface area (Å²) in [5.74, 6) is 0.824. The van der Waals surface area contributed by atoms with E-state index in [1.165, 1.54) is 5.39 Å². The van der Waals surface area contributed by atoms with Crippen molar-refractivity contribution in [3.8, 4) is 0 Å². The van der Waals surface area contributed by atoms with Crippen molar-refractivity contribution in [3.05, 3.63) is 59.7 Å². The van der Waals surface area contributed by atoms with Crippen molar-refractivity contribution in [3.63, 3.8) is 0 Å². The third kappa shape index (κ3) is 1.64. The van der Waals surface area contributed by atoms with E-state index >= 15 is 0 Å². The minimum Gasteiger partial charge on any atom is -0.466 e. The second kappa shape index (κ2) is 4.35. The number of furan rings is 1. The molecule has 0 aliphatic rings. The Morgan fingerprint density at radius 3 is 2.72 bits per heavy atom. The zero-order valence-corrected chi connectivity index (χ0v) is 10.4. The van der Waals surface area contributed by atoms with Crippen molar-refractivity contribution in [2.75, 3.05) is 7.11 Å². The van der Waals surface area contributed by atoms with Gasteiger partial charge in [-0.1, -0.05) is 18.2 Å². The van der Waals surface area contributed by atoms with Crippen molar-refractivity contribution < 1.29 is 9.15 Å². The Balaban J connectivity index is 2.21. The van der Waals surface area contributed by atoms with E-state index in [0.29, 0.717) is 0 Å². The molecule has 0 aliphatic carbocycles. The predicted molar refractivity (Wildman–Crippen MR) is 70.6 cm³/mol. The Labute approximate surface area is 105 Å². The number of aryl methyl sites for hydroxylation is 1. The van der Waals surface area contributed by atoms with Crippen LogP contribution >= 0.6 is 0 Å². The van der Waals surface area contributed by atoms with Gasteiger partial charge in [-0.3, -0.25) is 0 Å². The van der Waals surface area contributed by atoms with Crippen LogP contribution in [0.1, 0.15) is 23.1 Å². The molecule has 3 heteroatoms. The predicted octanol–water partition coefficient (Wildman–Crippen LogP) is 3.81. The molecule has 1 atom stereocenters. The number of fused-ring (bicyclic) bond motifs is 1. The van der Waals surface area contributed by atoms with Crippen LogP contribution < -0.4 is 0 Å². The van der Waals surface area contributed by atoms with Gasteiger partial charge < -0.3 is 14.1 Å². The van der Waals surface area contributed by atoms with Crippen molar-refractivity contribution in [1.82, 2.24) is 4.98 Å². The lowest BCUT2D eigenvalue weighted by Gasteiger charge is -2.13. The summed E-state index contributed by atoms with van der Waals surface area (Å²) in [5, 5.41) is 1.18. The average Bonchev–Trinajstić information content (AvgIpc) is 2.99. The fourth-order valence-corrected chi connectivity index (χ4v) is 2.45. The summed E-state index contributed by atoms with van der Waals surface area (Å²) < 4.78 is 11.1. The monoisotopic (exact) mass is 241 g/mol. The number of para-hydroxylation sites is 1. The van der Waals surface area contributed by atoms with Crippen molar-refractivity contribution in [2.24, 2.45) is 0 Å². The number of hydrogen-bond donors (Lipinski definition) is 1. The van der Waals surface area contributed by atoms with Gasteiger partial charge in [0.15, 0.2) is 0 Å². The maximum absolute atomic E-state index is 5.61. The third-order valence-corrected chi connectivity index (χ3v) is 3.24. The Bertz CT molecular complexity index is 652. The molecule has 0 aliphatic heterocycles. The highest BCUT2D eigenvalue weighted by molar-refractivity contribution is 5.85. The van der Waals surface area contributed by atoms with E-state index in [-0.39, 0.29) is 6.10 Å². The van der Waals surface area contributed by atoms with Crippen LogP contribution in [0.2, 0.25) is 0 Å². The Kier molecular flexibility index (Phi) is 2.68. The van der Waals surface area contributed by atoms with Gasteiger partial charge >= 0.3 is 0 Å². The smallest absolute Gasteiger partial charge is 0.142 e. The quantitative estimate of drug-likeness (QED) is 0.757. The molecule has 3 rings (SSSR count). The molecule has 0 amide bonds. The van der Waals surface area contributed by atoms with Crippen LogP contribution in [0.25, 0.3) is 10.9 Å². The van der Waals surface area contributed by atoms with Crippen LogP contribution in [0.4, 0.5) is 0 Å². The zero-order chi connectivity index (χ0) is 12.5. The maximum atomic E-state index is 5.61. The lowest BCUT2D eigenvalue weighted by Crippen LogP contribution is -2.03. The molecule has 1 unspecified atom stereocenters. The molecule has 0 radical (unpaired) electrons. The van der Waals surface area contributed by atoms with Gasteiger partial charge in [0.25, 0.3) is 0 Å². The molecule has 0 spiro atoms. The van der Waals surface area contributed by atoms with Crippen molar-refractivity contribution in [1.29, 1.82) is 0 Å². The van der Waals surface area contributed by atoms with Gasteiger partial charge in [-0.15, -0.1) is 0 Å². The summed E-state index contributed by atoms with van der Waals surface area (Å²) in [6.07, 6.45) is 1.50. The van der Waals surface area contributed by atoms with E-state index in [1.54, 1.807) is 13.4 Å². The number of aromatic amines is 1. The van der Waals surface area contributed by atoms with E-state index in [0.717, 1.165) is 22.5 Å².